The van der Waals surface area contributed by atoms with Crippen molar-refractivity contribution in [1.82, 2.24) is 5.27 Å². The average Bonchev–Trinajstić information content (AvgIpc) is 2.79. The SMILES string of the molecule is C[n+]1noc([O-])c1SCCC(=O)Nc1ccc(C(N)=O)cc1. The van der Waals surface area contributed by atoms with E-state index in [2.05, 4.69) is 15.1 Å². The molecule has 0 bridgehead atoms. The van der Waals surface area contributed by atoms with Crippen LogP contribution in [0.4, 0.5) is 5.69 Å². The molecule has 3 N–H and O–H groups in total. The number of hydrogen-bond acceptors (Lipinski definition) is 6. The number of amides is 2. The number of carbonyl (C=O) groups is 2. The molecule has 8 nitrogen and oxygen atoms in total. The molecule has 0 aliphatic rings. The molecule has 22 heavy (non-hydrogen) atoms. The van der Waals surface area contributed by atoms with Gasteiger partial charge in [-0.05, 0) is 24.3 Å². The normalized spacial score (nSPS) is 10.4. The van der Waals surface area contributed by atoms with E-state index in [1.54, 1.807) is 19.2 Å². The van der Waals surface area contributed by atoms with E-state index in [4.69, 9.17) is 5.73 Å². The number of thioether (sulfide) groups is 1. The summed E-state index contributed by atoms with van der Waals surface area (Å²) in [7, 11) is 1.59. The summed E-state index contributed by atoms with van der Waals surface area (Å²) in [5.41, 5.74) is 6.07. The minimum absolute atomic E-state index is 0.203. The van der Waals surface area contributed by atoms with Crippen molar-refractivity contribution in [3.63, 3.8) is 0 Å². The second-order valence-electron chi connectivity index (χ2n) is 4.38. The van der Waals surface area contributed by atoms with Gasteiger partial charge in [0.1, 0.15) is 0 Å². The Labute approximate surface area is 130 Å². The summed E-state index contributed by atoms with van der Waals surface area (Å²) in [6.45, 7) is 0. The molecule has 2 rings (SSSR count). The van der Waals surface area contributed by atoms with Gasteiger partial charge in [-0.25, -0.2) is 0 Å². The molecule has 2 amide bonds. The van der Waals surface area contributed by atoms with Crippen LogP contribution in [-0.4, -0.2) is 22.8 Å². The predicted octanol–water partition coefficient (Wildman–Crippen LogP) is -0.207. The Morgan fingerprint density at radius 3 is 2.64 bits per heavy atom. The summed E-state index contributed by atoms with van der Waals surface area (Å²) < 4.78 is 5.80. The summed E-state index contributed by atoms with van der Waals surface area (Å²) in [5, 5.41) is 17.8. The van der Waals surface area contributed by atoms with Crippen LogP contribution in [0.5, 0.6) is 5.95 Å². The van der Waals surface area contributed by atoms with Gasteiger partial charge in [0.25, 0.3) is 5.03 Å². The molecule has 1 aromatic heterocycles. The highest BCUT2D eigenvalue weighted by molar-refractivity contribution is 7.99. The third kappa shape index (κ3) is 3.98. The van der Waals surface area contributed by atoms with Crippen molar-refractivity contribution < 1.29 is 23.9 Å². The van der Waals surface area contributed by atoms with Crippen LogP contribution in [0, 0.1) is 0 Å². The Bertz CT molecular complexity index is 664. The third-order valence-electron chi connectivity index (χ3n) is 2.74. The molecular formula is C13H14N4O4S. The monoisotopic (exact) mass is 322 g/mol. The maximum Gasteiger partial charge on any atom is 0.290 e. The molecule has 1 aromatic carbocycles. The van der Waals surface area contributed by atoms with E-state index in [0.717, 1.165) is 0 Å². The minimum Gasteiger partial charge on any atom is -0.538 e. The van der Waals surface area contributed by atoms with Crippen LogP contribution in [0.1, 0.15) is 16.8 Å². The number of aromatic nitrogens is 2. The number of nitrogens with two attached hydrogens (primary N) is 1. The molecule has 0 spiro atoms. The first-order valence-electron chi connectivity index (χ1n) is 6.33. The Morgan fingerprint density at radius 1 is 1.41 bits per heavy atom. The highest BCUT2D eigenvalue weighted by Crippen LogP contribution is 2.21. The molecule has 0 radical (unpaired) electrons. The van der Waals surface area contributed by atoms with Crippen molar-refractivity contribution in [1.29, 1.82) is 0 Å². The van der Waals surface area contributed by atoms with Crippen LogP contribution in [0.3, 0.4) is 0 Å². The lowest BCUT2D eigenvalue weighted by molar-refractivity contribution is -0.772. The van der Waals surface area contributed by atoms with Crippen LogP contribution in [0.15, 0.2) is 33.8 Å². The fourth-order valence-electron chi connectivity index (χ4n) is 1.64. The van der Waals surface area contributed by atoms with E-state index in [0.29, 0.717) is 22.0 Å². The molecule has 0 aliphatic heterocycles. The molecule has 0 fully saturated rings. The van der Waals surface area contributed by atoms with E-state index in [-0.39, 0.29) is 12.3 Å². The number of anilines is 1. The first kappa shape index (κ1) is 15.8. The first-order chi connectivity index (χ1) is 10.5. The zero-order valence-corrected chi connectivity index (χ0v) is 12.6. The molecule has 1 heterocycles. The number of nitrogens with zero attached hydrogens (tertiary/aromatic N) is 2. The van der Waals surface area contributed by atoms with Crippen molar-refractivity contribution in [2.24, 2.45) is 12.8 Å². The van der Waals surface area contributed by atoms with Gasteiger partial charge in [-0.2, -0.15) is 0 Å². The highest BCUT2D eigenvalue weighted by Gasteiger charge is 2.14. The lowest BCUT2D eigenvalue weighted by Gasteiger charge is -2.05. The van der Waals surface area contributed by atoms with E-state index in [1.165, 1.54) is 28.6 Å². The quantitative estimate of drug-likeness (QED) is 0.560. The van der Waals surface area contributed by atoms with E-state index in [9.17, 15) is 14.7 Å². The van der Waals surface area contributed by atoms with Crippen molar-refractivity contribution in [2.75, 3.05) is 11.1 Å². The van der Waals surface area contributed by atoms with Crippen LogP contribution in [0.25, 0.3) is 0 Å². The summed E-state index contributed by atoms with van der Waals surface area (Å²) in [6.07, 6.45) is 0.215. The maximum absolute atomic E-state index is 11.8. The Morgan fingerprint density at radius 2 is 2.09 bits per heavy atom. The Balaban J connectivity index is 1.82. The van der Waals surface area contributed by atoms with Gasteiger partial charge in [-0.1, -0.05) is 16.4 Å². The molecule has 0 saturated heterocycles. The second kappa shape index (κ2) is 6.94. The van der Waals surface area contributed by atoms with Crippen molar-refractivity contribution in [3.05, 3.63) is 29.8 Å². The Hall–Kier alpha value is -2.55. The van der Waals surface area contributed by atoms with Gasteiger partial charge in [-0.15, -0.1) is 0 Å². The zero-order valence-electron chi connectivity index (χ0n) is 11.7. The van der Waals surface area contributed by atoms with Crippen molar-refractivity contribution in [2.45, 2.75) is 11.4 Å². The topological polar surface area (TPSA) is 125 Å². The third-order valence-corrected chi connectivity index (χ3v) is 3.85. The van der Waals surface area contributed by atoms with Gasteiger partial charge in [0.15, 0.2) is 13.0 Å². The summed E-state index contributed by atoms with van der Waals surface area (Å²) in [6, 6.07) is 6.27. The predicted molar refractivity (Wildman–Crippen MR) is 76.1 cm³/mol. The maximum atomic E-state index is 11.8. The van der Waals surface area contributed by atoms with Gasteiger partial charge in [0.05, 0.1) is 5.27 Å². The largest absolute Gasteiger partial charge is 0.538 e. The molecule has 116 valence electrons. The Kier molecular flexibility index (Phi) is 4.99. The average molecular weight is 322 g/mol. The van der Waals surface area contributed by atoms with Crippen LogP contribution < -0.4 is 20.8 Å². The molecule has 0 saturated carbocycles. The summed E-state index contributed by atoms with van der Waals surface area (Å²) in [5.74, 6) is -0.833. The fourth-order valence-corrected chi connectivity index (χ4v) is 2.50. The van der Waals surface area contributed by atoms with Gasteiger partial charge in [-0.3, -0.25) is 9.59 Å². The molecule has 0 aliphatic carbocycles. The molecular weight excluding hydrogens is 308 g/mol. The summed E-state index contributed by atoms with van der Waals surface area (Å²) >= 11 is 1.20. The smallest absolute Gasteiger partial charge is 0.290 e. The highest BCUT2D eigenvalue weighted by atomic mass is 32.2. The summed E-state index contributed by atoms with van der Waals surface area (Å²) in [4.78, 5) is 22.7. The number of benzene rings is 1. The number of carbonyl (C=O) groups excluding carboxylic acids is 2. The lowest BCUT2D eigenvalue weighted by atomic mass is 10.2. The molecule has 0 atom stereocenters. The van der Waals surface area contributed by atoms with Gasteiger partial charge < -0.3 is 20.7 Å². The van der Waals surface area contributed by atoms with Gasteiger partial charge in [0.2, 0.25) is 11.8 Å². The number of aryl methyl sites for hydroxylation is 1. The molecule has 9 heteroatoms. The number of primary amides is 1. The first-order valence-corrected chi connectivity index (χ1v) is 7.31. The van der Waals surface area contributed by atoms with Crippen LogP contribution in [0.2, 0.25) is 0 Å². The van der Waals surface area contributed by atoms with Crippen LogP contribution in [-0.2, 0) is 11.8 Å². The second-order valence-corrected chi connectivity index (χ2v) is 5.46. The van der Waals surface area contributed by atoms with Gasteiger partial charge in [0, 0.05) is 23.4 Å². The number of nitrogens with one attached hydrogen (secondary N) is 1. The number of hydrogen-bond donors (Lipinski definition) is 2. The fraction of sp³-hybridized carbons (Fsp3) is 0.231. The standard InChI is InChI=1S/C13H14N4O4S/c1-17-12(13(20)21-16-17)22-7-6-10(18)15-9-4-2-8(3-5-9)11(14)19/h2-5H,6-7H2,1H3,(H3-,14,15,16,18,19,20). The van der Waals surface area contributed by atoms with E-state index < -0.39 is 11.9 Å². The molecule has 2 aromatic rings. The number of rotatable bonds is 6. The van der Waals surface area contributed by atoms with E-state index >= 15 is 0 Å². The minimum atomic E-state index is -0.524. The van der Waals surface area contributed by atoms with Crippen molar-refractivity contribution >= 4 is 29.3 Å². The van der Waals surface area contributed by atoms with Gasteiger partial charge >= 0.3 is 0 Å². The lowest BCUT2D eigenvalue weighted by Crippen LogP contribution is -2.32. The van der Waals surface area contributed by atoms with Crippen molar-refractivity contribution in [3.8, 4) is 5.95 Å². The molecule has 0 unspecified atom stereocenters. The van der Waals surface area contributed by atoms with E-state index in [1.807, 2.05) is 0 Å². The zero-order chi connectivity index (χ0) is 16.1. The van der Waals surface area contributed by atoms with Crippen LogP contribution >= 0.6 is 11.8 Å².